The Bertz CT molecular complexity index is 427. The maximum Gasteiger partial charge on any atom is 0.161 e. The van der Waals surface area contributed by atoms with Gasteiger partial charge in [0.25, 0.3) is 0 Å². The topological polar surface area (TPSA) is 30.5 Å². The summed E-state index contributed by atoms with van der Waals surface area (Å²) in [4.78, 5) is 0. The van der Waals surface area contributed by atoms with Crippen LogP contribution in [0.2, 0.25) is 0 Å². The molecule has 0 aliphatic rings. The van der Waals surface area contributed by atoms with Crippen molar-refractivity contribution >= 4 is 0 Å². The van der Waals surface area contributed by atoms with Crippen LogP contribution in [0.1, 0.15) is 39.7 Å². The largest absolute Gasteiger partial charge is 0.490 e. The van der Waals surface area contributed by atoms with Gasteiger partial charge in [0.1, 0.15) is 0 Å². The van der Waals surface area contributed by atoms with Crippen LogP contribution >= 0.6 is 0 Å². The average molecular weight is 277 g/mol. The molecule has 0 spiro atoms. The molecule has 0 saturated heterocycles. The zero-order valence-electron chi connectivity index (χ0n) is 13.2. The van der Waals surface area contributed by atoms with E-state index in [-0.39, 0.29) is 0 Å². The van der Waals surface area contributed by atoms with Gasteiger partial charge in [0.2, 0.25) is 0 Å². The first-order valence-electron chi connectivity index (χ1n) is 7.29. The van der Waals surface area contributed by atoms with Crippen LogP contribution in [0, 0.1) is 0 Å². The minimum Gasteiger partial charge on any atom is -0.490 e. The highest BCUT2D eigenvalue weighted by Crippen LogP contribution is 2.28. The fraction of sp³-hybridized carbons (Fsp3) is 0.529. The number of hydrogen-bond donors (Lipinski definition) is 1. The average Bonchev–Trinajstić information content (AvgIpc) is 2.38. The molecular formula is C17H27NO2. The summed E-state index contributed by atoms with van der Waals surface area (Å²) < 4.78 is 11.4. The van der Waals surface area contributed by atoms with Crippen LogP contribution in [0.4, 0.5) is 0 Å². The highest BCUT2D eigenvalue weighted by Gasteiger charge is 2.07. The van der Waals surface area contributed by atoms with Crippen LogP contribution in [0.15, 0.2) is 30.4 Å². The van der Waals surface area contributed by atoms with E-state index in [1.807, 2.05) is 19.9 Å². The number of hydrogen-bond acceptors (Lipinski definition) is 3. The maximum absolute atomic E-state index is 5.77. The van der Waals surface area contributed by atoms with Gasteiger partial charge in [-0.3, -0.25) is 0 Å². The van der Waals surface area contributed by atoms with E-state index in [4.69, 9.17) is 9.47 Å². The van der Waals surface area contributed by atoms with Gasteiger partial charge in [-0.1, -0.05) is 25.5 Å². The van der Waals surface area contributed by atoms with Crippen molar-refractivity contribution in [3.8, 4) is 11.5 Å². The Morgan fingerprint density at radius 3 is 2.60 bits per heavy atom. The Kier molecular flexibility index (Phi) is 7.16. The smallest absolute Gasteiger partial charge is 0.161 e. The van der Waals surface area contributed by atoms with E-state index in [0.29, 0.717) is 19.3 Å². The molecule has 112 valence electrons. The number of nitrogens with one attached hydrogen (secondary N) is 1. The Hall–Kier alpha value is -1.48. The van der Waals surface area contributed by atoms with Gasteiger partial charge < -0.3 is 14.8 Å². The summed E-state index contributed by atoms with van der Waals surface area (Å²) in [5.74, 6) is 1.62. The molecule has 0 radical (unpaired) electrons. The summed E-state index contributed by atoms with van der Waals surface area (Å²) in [5, 5.41) is 3.40. The van der Waals surface area contributed by atoms with E-state index in [0.717, 1.165) is 30.0 Å². The summed E-state index contributed by atoms with van der Waals surface area (Å²) >= 11 is 0. The van der Waals surface area contributed by atoms with E-state index < -0.39 is 0 Å². The van der Waals surface area contributed by atoms with Crippen molar-refractivity contribution in [2.45, 2.75) is 46.7 Å². The predicted octanol–water partition coefficient (Wildman–Crippen LogP) is 3.93. The van der Waals surface area contributed by atoms with Gasteiger partial charge in [-0.05, 0) is 31.5 Å². The molecule has 3 nitrogen and oxygen atoms in total. The highest BCUT2D eigenvalue weighted by molar-refractivity contribution is 5.43. The first-order valence-corrected chi connectivity index (χ1v) is 7.29. The molecule has 0 amide bonds. The van der Waals surface area contributed by atoms with Gasteiger partial charge in [-0.15, -0.1) is 6.58 Å². The van der Waals surface area contributed by atoms with Crippen LogP contribution < -0.4 is 14.8 Å². The quantitative estimate of drug-likeness (QED) is 0.694. The number of benzene rings is 1. The Morgan fingerprint density at radius 1 is 1.25 bits per heavy atom. The predicted molar refractivity (Wildman–Crippen MR) is 84.5 cm³/mol. The summed E-state index contributed by atoms with van der Waals surface area (Å²) in [5.41, 5.74) is 2.33. The van der Waals surface area contributed by atoms with Gasteiger partial charge >= 0.3 is 0 Å². The molecule has 0 heterocycles. The summed E-state index contributed by atoms with van der Waals surface area (Å²) in [6, 6.07) is 6.58. The lowest BCUT2D eigenvalue weighted by Crippen LogP contribution is -2.21. The molecule has 0 aliphatic carbocycles. The normalized spacial score (nSPS) is 10.7. The molecule has 20 heavy (non-hydrogen) atoms. The first kappa shape index (κ1) is 16.6. The zero-order chi connectivity index (χ0) is 15.0. The van der Waals surface area contributed by atoms with Crippen LogP contribution in [-0.2, 0) is 6.54 Å². The lowest BCUT2D eigenvalue weighted by Gasteiger charge is -2.14. The number of rotatable bonds is 9. The molecule has 0 atom stereocenters. The van der Waals surface area contributed by atoms with Crippen molar-refractivity contribution < 1.29 is 9.47 Å². The first-order chi connectivity index (χ1) is 9.52. The molecule has 1 N–H and O–H groups in total. The van der Waals surface area contributed by atoms with Gasteiger partial charge in [0, 0.05) is 19.0 Å². The third-order valence-electron chi connectivity index (χ3n) is 2.81. The Morgan fingerprint density at radius 2 is 2.00 bits per heavy atom. The van der Waals surface area contributed by atoms with E-state index in [9.17, 15) is 0 Å². The van der Waals surface area contributed by atoms with Crippen LogP contribution in [0.3, 0.4) is 0 Å². The highest BCUT2D eigenvalue weighted by atomic mass is 16.5. The van der Waals surface area contributed by atoms with E-state index in [2.05, 4.69) is 37.9 Å². The molecule has 0 saturated carbocycles. The summed E-state index contributed by atoms with van der Waals surface area (Å²) in [6.07, 6.45) is 0.863. The van der Waals surface area contributed by atoms with E-state index in [1.54, 1.807) is 0 Å². The van der Waals surface area contributed by atoms with Crippen LogP contribution in [0.5, 0.6) is 11.5 Å². The van der Waals surface area contributed by atoms with Crippen LogP contribution in [-0.4, -0.2) is 19.3 Å². The summed E-state index contributed by atoms with van der Waals surface area (Å²) in [7, 11) is 0. The maximum atomic E-state index is 5.77. The molecule has 1 rings (SSSR count). The molecule has 3 heteroatoms. The van der Waals surface area contributed by atoms with Crippen molar-refractivity contribution in [1.29, 1.82) is 0 Å². The van der Waals surface area contributed by atoms with Crippen molar-refractivity contribution in [2.75, 3.05) is 13.2 Å². The molecule has 0 fully saturated rings. The minimum absolute atomic E-state index is 0.469. The van der Waals surface area contributed by atoms with Gasteiger partial charge in [0.05, 0.1) is 13.2 Å². The standard InChI is InChI=1S/C17H27NO2/c1-6-19-17-11-15(12-18-14(4)5)7-8-16(17)20-10-9-13(2)3/h7-8,11,14,18H,2,6,9-10,12H2,1,3-5H3. The van der Waals surface area contributed by atoms with Gasteiger partial charge in [-0.2, -0.15) is 0 Å². The monoisotopic (exact) mass is 277 g/mol. The lowest BCUT2D eigenvalue weighted by atomic mass is 10.2. The van der Waals surface area contributed by atoms with Crippen molar-refractivity contribution in [3.63, 3.8) is 0 Å². The Labute approximate surface area is 123 Å². The SMILES string of the molecule is C=C(C)CCOc1ccc(CNC(C)C)cc1OCC. The van der Waals surface area contributed by atoms with Crippen molar-refractivity contribution in [1.82, 2.24) is 5.32 Å². The minimum atomic E-state index is 0.469. The molecule has 0 bridgehead atoms. The second-order valence-corrected chi connectivity index (χ2v) is 5.31. The second-order valence-electron chi connectivity index (χ2n) is 5.31. The third-order valence-corrected chi connectivity index (χ3v) is 2.81. The van der Waals surface area contributed by atoms with E-state index >= 15 is 0 Å². The van der Waals surface area contributed by atoms with Gasteiger partial charge in [-0.25, -0.2) is 0 Å². The van der Waals surface area contributed by atoms with Crippen molar-refractivity contribution in [2.24, 2.45) is 0 Å². The zero-order valence-corrected chi connectivity index (χ0v) is 13.2. The fourth-order valence-corrected chi connectivity index (χ4v) is 1.71. The van der Waals surface area contributed by atoms with Crippen LogP contribution in [0.25, 0.3) is 0 Å². The third kappa shape index (κ3) is 6.11. The Balaban J connectivity index is 2.70. The summed E-state index contributed by atoms with van der Waals surface area (Å²) in [6.45, 7) is 14.3. The molecule has 0 aliphatic heterocycles. The molecule has 0 aromatic heterocycles. The second kappa shape index (κ2) is 8.64. The van der Waals surface area contributed by atoms with E-state index in [1.165, 1.54) is 5.56 Å². The molecule has 1 aromatic carbocycles. The van der Waals surface area contributed by atoms with Gasteiger partial charge in [0.15, 0.2) is 11.5 Å². The number of ether oxygens (including phenoxy) is 2. The van der Waals surface area contributed by atoms with Crippen molar-refractivity contribution in [3.05, 3.63) is 35.9 Å². The fourth-order valence-electron chi connectivity index (χ4n) is 1.71. The molecule has 1 aromatic rings. The molecule has 0 unspecified atom stereocenters. The lowest BCUT2D eigenvalue weighted by molar-refractivity contribution is 0.279. The molecular weight excluding hydrogens is 250 g/mol.